The van der Waals surface area contributed by atoms with Crippen molar-refractivity contribution in [2.24, 2.45) is 4.99 Å². The average Bonchev–Trinajstić information content (AvgIpc) is 2.63. The van der Waals surface area contributed by atoms with Crippen LogP contribution in [0.2, 0.25) is 0 Å². The maximum absolute atomic E-state index is 9.80. The van der Waals surface area contributed by atoms with Gasteiger partial charge in [0.25, 0.3) is 0 Å². The normalized spacial score (nSPS) is 10.3. The zero-order chi connectivity index (χ0) is 18.8. The van der Waals surface area contributed by atoms with E-state index >= 15 is 0 Å². The molecule has 1 N–H and O–H groups in total. The van der Waals surface area contributed by atoms with Crippen LogP contribution >= 0.6 is 39.7 Å². The summed E-state index contributed by atoms with van der Waals surface area (Å²) in [6.45, 7) is 0. The number of para-hydroxylation sites is 2. The molecule has 3 aromatic rings. The molecule has 133 valence electrons. The predicted molar refractivity (Wildman–Crippen MR) is 110 cm³/mol. The van der Waals surface area contributed by atoms with Crippen molar-refractivity contribution in [2.45, 2.75) is 9.79 Å². The topological polar surface area (TPSA) is 32.6 Å². The quantitative estimate of drug-likeness (QED) is 0.326. The molecule has 3 rings (SSSR count). The molecule has 0 aromatic heterocycles. The fourth-order valence-electron chi connectivity index (χ4n) is 2.00. The number of benzene rings is 3. The molecule has 0 radical (unpaired) electrons. The molecule has 0 aliphatic rings. The van der Waals surface area contributed by atoms with E-state index in [2.05, 4.69) is 23.2 Å². The molecular weight excluding hydrogens is 445 g/mol. The fraction of sp³-hybridized carbons (Fsp3) is 0. The van der Waals surface area contributed by atoms with Gasteiger partial charge < -0.3 is 5.11 Å². The van der Waals surface area contributed by atoms with Crippen LogP contribution in [0.4, 0.5) is 5.69 Å². The van der Waals surface area contributed by atoms with Crippen molar-refractivity contribution in [3.63, 3.8) is 0 Å². The molecule has 0 saturated heterocycles. The van der Waals surface area contributed by atoms with Gasteiger partial charge in [0.15, 0.2) is 0 Å². The average molecular weight is 460 g/mol. The molecular formula is C19H15Cl3NOSTi. The summed E-state index contributed by atoms with van der Waals surface area (Å²) in [6.07, 6.45) is 1.69. The van der Waals surface area contributed by atoms with Crippen LogP contribution in [0, 0.1) is 0 Å². The predicted octanol–water partition coefficient (Wildman–Crippen LogP) is 7.36. The minimum absolute atomic E-state index is 0.236. The summed E-state index contributed by atoms with van der Waals surface area (Å²) in [6, 6.07) is 25.4. The van der Waals surface area contributed by atoms with Crippen LogP contribution in [-0.2, 0) is 14.7 Å². The third kappa shape index (κ3) is 7.75. The van der Waals surface area contributed by atoms with E-state index in [9.17, 15) is 5.11 Å². The van der Waals surface area contributed by atoms with Gasteiger partial charge in [-0.05, 0) is 36.4 Å². The maximum atomic E-state index is 9.80. The number of halogens is 3. The third-order valence-corrected chi connectivity index (χ3v) is 4.19. The van der Waals surface area contributed by atoms with Crippen LogP contribution in [0.5, 0.6) is 5.75 Å². The molecule has 26 heavy (non-hydrogen) atoms. The van der Waals surface area contributed by atoms with Crippen molar-refractivity contribution in [2.75, 3.05) is 0 Å². The van der Waals surface area contributed by atoms with Gasteiger partial charge >= 0.3 is 42.6 Å². The second-order valence-corrected chi connectivity index (χ2v) is 13.8. The van der Waals surface area contributed by atoms with Crippen molar-refractivity contribution in [1.29, 1.82) is 0 Å². The molecule has 0 unspecified atom stereocenters. The van der Waals surface area contributed by atoms with Gasteiger partial charge in [-0.3, -0.25) is 4.99 Å². The first-order chi connectivity index (χ1) is 12.6. The first-order valence-electron chi connectivity index (χ1n) is 7.53. The van der Waals surface area contributed by atoms with E-state index in [1.165, 1.54) is 4.90 Å². The van der Waals surface area contributed by atoms with Crippen molar-refractivity contribution in [3.05, 3.63) is 84.4 Å². The zero-order valence-electron chi connectivity index (χ0n) is 13.5. The Labute approximate surface area is 175 Å². The molecule has 0 fully saturated rings. The van der Waals surface area contributed by atoms with Crippen LogP contribution in [0.25, 0.3) is 0 Å². The van der Waals surface area contributed by atoms with Crippen LogP contribution in [0.1, 0.15) is 5.56 Å². The van der Waals surface area contributed by atoms with Gasteiger partial charge in [0, 0.05) is 21.6 Å². The fourth-order valence-corrected chi connectivity index (χ4v) is 2.92. The number of hydrogen-bond donors (Lipinski definition) is 1. The summed E-state index contributed by atoms with van der Waals surface area (Å²) >= 11 is -0.239. The van der Waals surface area contributed by atoms with Crippen LogP contribution in [0.3, 0.4) is 0 Å². The summed E-state index contributed by atoms with van der Waals surface area (Å²) in [5, 5.41) is 9.80. The van der Waals surface area contributed by atoms with Gasteiger partial charge in [-0.2, -0.15) is 0 Å². The monoisotopic (exact) mass is 458 g/mol. The molecule has 0 amide bonds. The summed E-state index contributed by atoms with van der Waals surface area (Å²) in [4.78, 5) is 6.79. The second kappa shape index (κ2) is 11.7. The molecule has 0 aliphatic heterocycles. The number of phenolic OH excluding ortho intramolecular Hbond substituents is 1. The summed E-state index contributed by atoms with van der Waals surface area (Å²) in [5.74, 6) is 0.236. The molecule has 3 aromatic carbocycles. The van der Waals surface area contributed by atoms with Crippen LogP contribution < -0.4 is 0 Å². The molecule has 0 atom stereocenters. The van der Waals surface area contributed by atoms with Gasteiger partial charge in [-0.1, -0.05) is 54.2 Å². The Kier molecular flexibility index (Phi) is 9.62. The number of rotatable bonds is 4. The number of phenols is 1. The minimum atomic E-state index is -1.92. The van der Waals surface area contributed by atoms with Crippen molar-refractivity contribution >= 4 is 51.6 Å². The Hall–Kier alpha value is -0.936. The van der Waals surface area contributed by atoms with Gasteiger partial charge in [-0.25, -0.2) is 0 Å². The SMILES string of the molecule is Oc1ccccc1C=Nc1ccccc1Sc1ccccc1.[Cl][Ti]([Cl])[Cl]. The van der Waals surface area contributed by atoms with Crippen molar-refractivity contribution < 1.29 is 19.8 Å². The van der Waals surface area contributed by atoms with Gasteiger partial charge in [0.05, 0.1) is 5.69 Å². The van der Waals surface area contributed by atoms with E-state index in [-0.39, 0.29) is 5.75 Å². The molecule has 0 aliphatic carbocycles. The molecule has 0 heterocycles. The number of nitrogens with zero attached hydrogens (tertiary/aromatic N) is 1. The summed E-state index contributed by atoms with van der Waals surface area (Å²) in [7, 11) is 14.9. The Bertz CT molecular complexity index is 844. The first kappa shape index (κ1) is 21.4. The number of aliphatic imine (C=N–C) groups is 1. The Morgan fingerprint density at radius 1 is 0.808 bits per heavy atom. The van der Waals surface area contributed by atoms with E-state index in [0.717, 1.165) is 10.6 Å². The molecule has 0 spiro atoms. The zero-order valence-corrected chi connectivity index (χ0v) is 18.2. The Balaban J connectivity index is 0.000000552. The summed E-state index contributed by atoms with van der Waals surface area (Å²) in [5.41, 5.74) is 1.60. The van der Waals surface area contributed by atoms with E-state index in [4.69, 9.17) is 27.9 Å². The van der Waals surface area contributed by atoms with E-state index in [1.807, 2.05) is 48.5 Å². The van der Waals surface area contributed by atoms with Crippen molar-refractivity contribution in [3.8, 4) is 5.75 Å². The standard InChI is InChI=1S/C19H15NOS.3ClH.Ti/c21-18-12-6-4-8-15(18)14-20-17-11-5-7-13-19(17)22-16-9-2-1-3-10-16;;;;/h1-14,21H;3*1H;/q;;;;+3/p-3. The van der Waals surface area contributed by atoms with Crippen molar-refractivity contribution in [1.82, 2.24) is 0 Å². The van der Waals surface area contributed by atoms with E-state index in [1.54, 1.807) is 30.1 Å². The molecule has 0 saturated carbocycles. The van der Waals surface area contributed by atoms with Crippen LogP contribution in [0.15, 0.2) is 93.6 Å². The molecule has 2 nitrogen and oxygen atoms in total. The Morgan fingerprint density at radius 3 is 2.08 bits per heavy atom. The summed E-state index contributed by atoms with van der Waals surface area (Å²) < 4.78 is 0. The van der Waals surface area contributed by atoms with Gasteiger partial charge in [-0.15, -0.1) is 0 Å². The first-order valence-corrected chi connectivity index (χ1v) is 14.8. The van der Waals surface area contributed by atoms with E-state index in [0.29, 0.717) is 5.56 Å². The third-order valence-electron chi connectivity index (χ3n) is 3.12. The second-order valence-electron chi connectivity index (χ2n) is 4.91. The Morgan fingerprint density at radius 2 is 1.38 bits per heavy atom. The van der Waals surface area contributed by atoms with Gasteiger partial charge in [0.1, 0.15) is 5.75 Å². The van der Waals surface area contributed by atoms with Gasteiger partial charge in [0.2, 0.25) is 0 Å². The molecule has 0 bridgehead atoms. The molecule has 7 heteroatoms. The number of aromatic hydroxyl groups is 1. The van der Waals surface area contributed by atoms with Crippen LogP contribution in [-0.4, -0.2) is 11.3 Å². The number of hydrogen-bond acceptors (Lipinski definition) is 3. The van der Waals surface area contributed by atoms with E-state index < -0.39 is 14.7 Å².